The van der Waals surface area contributed by atoms with Crippen LogP contribution < -0.4 is 5.32 Å². The minimum atomic E-state index is -0.429. The molecule has 104 valence electrons. The number of hydrogen-bond acceptors (Lipinski definition) is 2. The average molecular weight is 270 g/mol. The number of anilines is 1. The molecule has 0 saturated heterocycles. The molecule has 4 rings (SSSR count). The summed E-state index contributed by atoms with van der Waals surface area (Å²) in [7, 11) is 0. The highest BCUT2D eigenvalue weighted by Gasteiger charge is 2.53. The molecule has 0 amide bonds. The van der Waals surface area contributed by atoms with Crippen LogP contribution in [0.25, 0.3) is 0 Å². The number of fused-ring (bicyclic) bond motifs is 5. The normalized spacial score (nSPS) is 37.7. The molecule has 1 aromatic rings. The van der Waals surface area contributed by atoms with Gasteiger partial charge in [-0.2, -0.15) is 5.26 Å². The highest BCUT2D eigenvalue weighted by Crippen LogP contribution is 2.59. The van der Waals surface area contributed by atoms with Gasteiger partial charge in [0.2, 0.25) is 0 Å². The van der Waals surface area contributed by atoms with Crippen molar-refractivity contribution in [3.63, 3.8) is 0 Å². The monoisotopic (exact) mass is 270 g/mol. The zero-order valence-electron chi connectivity index (χ0n) is 11.5. The summed E-state index contributed by atoms with van der Waals surface area (Å²) in [5.41, 5.74) is 1.03. The quantitative estimate of drug-likeness (QED) is 0.883. The van der Waals surface area contributed by atoms with Gasteiger partial charge in [-0.05, 0) is 67.6 Å². The van der Waals surface area contributed by atoms with E-state index in [1.165, 1.54) is 38.2 Å². The molecule has 3 fully saturated rings. The second-order valence-corrected chi connectivity index (χ2v) is 6.71. The number of nitrogens with zero attached hydrogens (tertiary/aromatic N) is 1. The molecule has 20 heavy (non-hydrogen) atoms. The highest BCUT2D eigenvalue weighted by atomic mass is 19.1. The van der Waals surface area contributed by atoms with Gasteiger partial charge in [0.15, 0.2) is 0 Å². The lowest BCUT2D eigenvalue weighted by molar-refractivity contribution is 0.243. The van der Waals surface area contributed by atoms with Crippen molar-refractivity contribution in [3.8, 4) is 6.07 Å². The number of nitriles is 1. The molecule has 0 spiro atoms. The summed E-state index contributed by atoms with van der Waals surface area (Å²) in [5.74, 6) is 3.17. The Balaban J connectivity index is 1.52. The zero-order valence-corrected chi connectivity index (χ0v) is 11.5. The van der Waals surface area contributed by atoms with E-state index in [4.69, 9.17) is 5.26 Å². The number of nitrogens with one attached hydrogen (secondary N) is 1. The van der Waals surface area contributed by atoms with Gasteiger partial charge in [0.25, 0.3) is 0 Å². The Hall–Kier alpha value is -1.56. The fourth-order valence-electron chi connectivity index (χ4n) is 5.15. The van der Waals surface area contributed by atoms with Gasteiger partial charge in [0.05, 0.1) is 5.56 Å². The minimum Gasteiger partial charge on any atom is -0.382 e. The van der Waals surface area contributed by atoms with Crippen molar-refractivity contribution in [2.45, 2.75) is 38.1 Å². The van der Waals surface area contributed by atoms with Crippen molar-refractivity contribution in [2.24, 2.45) is 23.7 Å². The standard InChI is InChI=1S/C17H19FN2/c18-16-5-4-12(6-11(16)9-19)20-17-8-10-7-15(17)14-3-1-2-13(10)14/h4-6,10,13-15,17,20H,1-3,7-8H2. The molecule has 0 heterocycles. The Morgan fingerprint density at radius 3 is 2.85 bits per heavy atom. The predicted octanol–water partition coefficient (Wildman–Crippen LogP) is 3.93. The van der Waals surface area contributed by atoms with Crippen LogP contribution in [0.5, 0.6) is 0 Å². The Bertz CT molecular complexity index is 577. The first-order chi connectivity index (χ1) is 9.76. The van der Waals surface area contributed by atoms with Gasteiger partial charge < -0.3 is 5.32 Å². The second kappa shape index (κ2) is 4.48. The molecule has 5 unspecified atom stereocenters. The SMILES string of the molecule is N#Cc1cc(NC2CC3CC2C2CCCC32)ccc1F. The Kier molecular flexibility index (Phi) is 2.73. The Morgan fingerprint density at radius 1 is 1.15 bits per heavy atom. The van der Waals surface area contributed by atoms with Crippen LogP contribution in [-0.2, 0) is 0 Å². The van der Waals surface area contributed by atoms with Crippen molar-refractivity contribution in [1.29, 1.82) is 5.26 Å². The molecule has 2 nitrogen and oxygen atoms in total. The maximum Gasteiger partial charge on any atom is 0.141 e. The van der Waals surface area contributed by atoms with Gasteiger partial charge in [0.1, 0.15) is 11.9 Å². The highest BCUT2D eigenvalue weighted by molar-refractivity contribution is 5.50. The van der Waals surface area contributed by atoms with E-state index in [2.05, 4.69) is 5.32 Å². The minimum absolute atomic E-state index is 0.136. The molecule has 3 aliphatic carbocycles. The number of halogens is 1. The van der Waals surface area contributed by atoms with E-state index in [-0.39, 0.29) is 5.56 Å². The van der Waals surface area contributed by atoms with Gasteiger partial charge in [0, 0.05) is 11.7 Å². The van der Waals surface area contributed by atoms with E-state index in [1.807, 2.05) is 6.07 Å². The van der Waals surface area contributed by atoms with Crippen LogP contribution in [0.15, 0.2) is 18.2 Å². The molecule has 0 radical (unpaired) electrons. The third-order valence-corrected chi connectivity index (χ3v) is 5.87. The van der Waals surface area contributed by atoms with Crippen LogP contribution in [0.4, 0.5) is 10.1 Å². The second-order valence-electron chi connectivity index (χ2n) is 6.71. The molecule has 0 aliphatic heterocycles. The largest absolute Gasteiger partial charge is 0.382 e. The summed E-state index contributed by atoms with van der Waals surface area (Å²) in [5, 5.41) is 12.5. The summed E-state index contributed by atoms with van der Waals surface area (Å²) >= 11 is 0. The fourth-order valence-corrected chi connectivity index (χ4v) is 5.15. The first-order valence-corrected chi connectivity index (χ1v) is 7.72. The van der Waals surface area contributed by atoms with Gasteiger partial charge in [-0.15, -0.1) is 0 Å². The van der Waals surface area contributed by atoms with E-state index in [0.717, 1.165) is 29.4 Å². The first-order valence-electron chi connectivity index (χ1n) is 7.72. The lowest BCUT2D eigenvalue weighted by Crippen LogP contribution is -2.33. The lowest BCUT2D eigenvalue weighted by atomic mass is 9.79. The Morgan fingerprint density at radius 2 is 2.00 bits per heavy atom. The molecule has 0 aromatic heterocycles. The predicted molar refractivity (Wildman–Crippen MR) is 75.6 cm³/mol. The van der Waals surface area contributed by atoms with E-state index < -0.39 is 5.82 Å². The van der Waals surface area contributed by atoms with Crippen LogP contribution in [-0.4, -0.2) is 6.04 Å². The Labute approximate surface area is 119 Å². The average Bonchev–Trinajstić information content (AvgIpc) is 3.12. The molecule has 1 N–H and O–H groups in total. The van der Waals surface area contributed by atoms with Crippen molar-refractivity contribution < 1.29 is 4.39 Å². The third-order valence-electron chi connectivity index (χ3n) is 5.87. The smallest absolute Gasteiger partial charge is 0.141 e. The lowest BCUT2D eigenvalue weighted by Gasteiger charge is -2.32. The van der Waals surface area contributed by atoms with Crippen LogP contribution in [0, 0.1) is 40.8 Å². The molecule has 2 bridgehead atoms. The number of rotatable bonds is 2. The summed E-state index contributed by atoms with van der Waals surface area (Å²) in [6.45, 7) is 0. The molecule has 1 aromatic carbocycles. The van der Waals surface area contributed by atoms with Crippen LogP contribution in [0.3, 0.4) is 0 Å². The van der Waals surface area contributed by atoms with Gasteiger partial charge in [-0.25, -0.2) is 4.39 Å². The fraction of sp³-hybridized carbons (Fsp3) is 0.588. The van der Waals surface area contributed by atoms with Crippen LogP contribution in [0.2, 0.25) is 0 Å². The van der Waals surface area contributed by atoms with Crippen LogP contribution >= 0.6 is 0 Å². The van der Waals surface area contributed by atoms with Crippen molar-refractivity contribution in [3.05, 3.63) is 29.6 Å². The molecule has 3 saturated carbocycles. The van der Waals surface area contributed by atoms with E-state index in [1.54, 1.807) is 12.1 Å². The molecule has 5 atom stereocenters. The zero-order chi connectivity index (χ0) is 13.7. The molecule has 3 heteroatoms. The summed E-state index contributed by atoms with van der Waals surface area (Å²) in [4.78, 5) is 0. The van der Waals surface area contributed by atoms with Gasteiger partial charge >= 0.3 is 0 Å². The van der Waals surface area contributed by atoms with Gasteiger partial charge in [-0.1, -0.05) is 6.42 Å². The van der Waals surface area contributed by atoms with E-state index >= 15 is 0 Å². The van der Waals surface area contributed by atoms with Crippen molar-refractivity contribution in [1.82, 2.24) is 0 Å². The number of hydrogen-bond donors (Lipinski definition) is 1. The molecular weight excluding hydrogens is 251 g/mol. The maximum atomic E-state index is 13.4. The summed E-state index contributed by atoms with van der Waals surface area (Å²) in [6.07, 6.45) is 6.87. The first kappa shape index (κ1) is 12.2. The third kappa shape index (κ3) is 1.74. The summed E-state index contributed by atoms with van der Waals surface area (Å²) < 4.78 is 13.4. The van der Waals surface area contributed by atoms with Crippen LogP contribution in [0.1, 0.15) is 37.7 Å². The number of benzene rings is 1. The topological polar surface area (TPSA) is 35.8 Å². The molecular formula is C17H19FN2. The van der Waals surface area contributed by atoms with Crippen molar-refractivity contribution in [2.75, 3.05) is 5.32 Å². The van der Waals surface area contributed by atoms with Gasteiger partial charge in [-0.3, -0.25) is 0 Å². The summed E-state index contributed by atoms with van der Waals surface area (Å²) in [6, 6.07) is 7.24. The van der Waals surface area contributed by atoms with Crippen molar-refractivity contribution >= 4 is 5.69 Å². The van der Waals surface area contributed by atoms with E-state index in [9.17, 15) is 4.39 Å². The molecule has 3 aliphatic rings. The maximum absolute atomic E-state index is 13.4. The van der Waals surface area contributed by atoms with E-state index in [0.29, 0.717) is 6.04 Å².